The van der Waals surface area contributed by atoms with E-state index in [2.05, 4.69) is 5.10 Å². The van der Waals surface area contributed by atoms with E-state index in [-0.39, 0.29) is 35.8 Å². The van der Waals surface area contributed by atoms with E-state index < -0.39 is 0 Å². The number of aromatic nitrogens is 2. The Hall–Kier alpha value is -3.23. The highest BCUT2D eigenvalue weighted by Crippen LogP contribution is 2.30. The third kappa shape index (κ3) is 3.88. The molecule has 3 rings (SSSR count). The maximum absolute atomic E-state index is 9.54. The lowest BCUT2D eigenvalue weighted by Gasteiger charge is -1.99. The molecule has 0 saturated carbocycles. The van der Waals surface area contributed by atoms with Crippen molar-refractivity contribution < 1.29 is 9.52 Å². The van der Waals surface area contributed by atoms with E-state index in [0.29, 0.717) is 27.1 Å². The average Bonchev–Trinajstić information content (AvgIpc) is 3.24. The smallest absolute Gasteiger partial charge is 0.140 e. The minimum Gasteiger partial charge on any atom is -0.457 e. The van der Waals surface area contributed by atoms with Crippen molar-refractivity contribution in [1.29, 1.82) is 10.5 Å². The summed E-state index contributed by atoms with van der Waals surface area (Å²) in [6.45, 7) is -0.0921. The molecular formula is C19H13Cl2N5O2. The van der Waals surface area contributed by atoms with Gasteiger partial charge in [-0.2, -0.15) is 15.6 Å². The largest absolute Gasteiger partial charge is 0.457 e. The molecular weight excluding hydrogens is 401 g/mol. The fourth-order valence-electron chi connectivity index (χ4n) is 2.62. The topological polar surface area (TPSA) is 125 Å². The van der Waals surface area contributed by atoms with Gasteiger partial charge in [0, 0.05) is 21.7 Å². The van der Waals surface area contributed by atoms with Crippen LogP contribution in [0.25, 0.3) is 23.0 Å². The number of halogens is 2. The fourth-order valence-corrected chi connectivity index (χ4v) is 3.14. The molecule has 0 aliphatic rings. The molecule has 2 heterocycles. The van der Waals surface area contributed by atoms with Gasteiger partial charge >= 0.3 is 0 Å². The molecule has 0 spiro atoms. The summed E-state index contributed by atoms with van der Waals surface area (Å²) in [4.78, 5) is 0. The SMILES string of the molecule is N#C/C(=C\c1ccc(-c2cc(Cl)cc(Cl)c2)o1)c1nn(CCO)c(N)c1C#N. The summed E-state index contributed by atoms with van der Waals surface area (Å²) in [5.74, 6) is 0.974. The Morgan fingerprint density at radius 3 is 2.57 bits per heavy atom. The molecule has 0 radical (unpaired) electrons. The zero-order valence-electron chi connectivity index (χ0n) is 14.4. The van der Waals surface area contributed by atoms with Gasteiger partial charge in [-0.15, -0.1) is 0 Å². The zero-order valence-corrected chi connectivity index (χ0v) is 15.9. The third-order valence-electron chi connectivity index (χ3n) is 3.85. The summed E-state index contributed by atoms with van der Waals surface area (Å²) in [6.07, 6.45) is 1.46. The number of anilines is 1. The Bertz CT molecular complexity index is 1130. The summed E-state index contributed by atoms with van der Waals surface area (Å²) < 4.78 is 7.04. The Morgan fingerprint density at radius 2 is 1.96 bits per heavy atom. The van der Waals surface area contributed by atoms with Crippen molar-refractivity contribution in [3.8, 4) is 23.5 Å². The van der Waals surface area contributed by atoms with Crippen molar-refractivity contribution in [2.24, 2.45) is 0 Å². The summed E-state index contributed by atoms with van der Waals surface area (Å²) in [5, 5.41) is 33.1. The van der Waals surface area contributed by atoms with E-state index in [9.17, 15) is 10.5 Å². The van der Waals surface area contributed by atoms with Gasteiger partial charge in [-0.25, -0.2) is 4.68 Å². The van der Waals surface area contributed by atoms with E-state index in [4.69, 9.17) is 38.5 Å². The Labute approximate surface area is 170 Å². The minimum absolute atomic E-state index is 0.0645. The molecule has 3 aromatic rings. The highest BCUT2D eigenvalue weighted by atomic mass is 35.5. The number of hydrogen-bond acceptors (Lipinski definition) is 6. The highest BCUT2D eigenvalue weighted by Gasteiger charge is 2.19. The van der Waals surface area contributed by atoms with E-state index in [1.54, 1.807) is 30.3 Å². The van der Waals surface area contributed by atoms with Gasteiger partial charge in [0.2, 0.25) is 0 Å². The van der Waals surface area contributed by atoms with Crippen LogP contribution in [-0.4, -0.2) is 21.5 Å². The normalized spacial score (nSPS) is 11.2. The van der Waals surface area contributed by atoms with Gasteiger partial charge in [0.1, 0.15) is 40.7 Å². The van der Waals surface area contributed by atoms with Crippen LogP contribution in [0.2, 0.25) is 10.0 Å². The quantitative estimate of drug-likeness (QED) is 0.609. The molecule has 0 unspecified atom stereocenters. The van der Waals surface area contributed by atoms with Crippen LogP contribution in [0.15, 0.2) is 34.7 Å². The summed E-state index contributed by atoms with van der Waals surface area (Å²) in [6, 6.07) is 12.4. The van der Waals surface area contributed by atoms with Crippen LogP contribution in [-0.2, 0) is 6.54 Å². The van der Waals surface area contributed by atoms with Crippen LogP contribution >= 0.6 is 23.2 Å². The third-order valence-corrected chi connectivity index (χ3v) is 4.29. The molecule has 0 atom stereocenters. The van der Waals surface area contributed by atoms with Crippen molar-refractivity contribution >= 4 is 40.7 Å². The average molecular weight is 414 g/mol. The Morgan fingerprint density at radius 1 is 1.25 bits per heavy atom. The first-order chi connectivity index (χ1) is 13.5. The van der Waals surface area contributed by atoms with Crippen molar-refractivity contribution in [1.82, 2.24) is 9.78 Å². The van der Waals surface area contributed by atoms with Crippen molar-refractivity contribution in [3.05, 3.63) is 57.4 Å². The van der Waals surface area contributed by atoms with Crippen LogP contribution in [0.3, 0.4) is 0 Å². The maximum atomic E-state index is 9.54. The molecule has 0 aliphatic carbocycles. The van der Waals surface area contributed by atoms with Gasteiger partial charge < -0.3 is 15.3 Å². The van der Waals surface area contributed by atoms with Gasteiger partial charge in [-0.3, -0.25) is 0 Å². The molecule has 1 aromatic carbocycles. The molecule has 140 valence electrons. The number of nitrogens with zero attached hydrogens (tertiary/aromatic N) is 4. The van der Waals surface area contributed by atoms with Gasteiger partial charge in [-0.05, 0) is 30.3 Å². The Kier molecular flexibility index (Phi) is 5.72. The number of hydrogen-bond donors (Lipinski definition) is 2. The molecule has 0 aliphatic heterocycles. The lowest BCUT2D eigenvalue weighted by Crippen LogP contribution is -2.07. The maximum Gasteiger partial charge on any atom is 0.140 e. The van der Waals surface area contributed by atoms with Crippen LogP contribution in [0.5, 0.6) is 0 Å². The van der Waals surface area contributed by atoms with E-state index in [1.807, 2.05) is 12.1 Å². The standard InChI is InChI=1S/C19H13Cl2N5O2/c20-13-5-11(6-14(21)8-13)17-2-1-15(28-17)7-12(9-22)18-16(10-23)19(24)26(25-18)3-4-27/h1-2,5-8,27H,3-4,24H2/b12-7+. The van der Waals surface area contributed by atoms with Crippen LogP contribution < -0.4 is 5.73 Å². The van der Waals surface area contributed by atoms with Crippen LogP contribution in [0.1, 0.15) is 17.0 Å². The summed E-state index contributed by atoms with van der Waals surface area (Å²) in [7, 11) is 0. The molecule has 0 saturated heterocycles. The molecule has 0 fully saturated rings. The van der Waals surface area contributed by atoms with Crippen molar-refractivity contribution in [3.63, 3.8) is 0 Å². The predicted molar refractivity (Wildman–Crippen MR) is 106 cm³/mol. The predicted octanol–water partition coefficient (Wildman–Crippen LogP) is 3.96. The van der Waals surface area contributed by atoms with E-state index in [0.717, 1.165) is 0 Å². The van der Waals surface area contributed by atoms with E-state index >= 15 is 0 Å². The van der Waals surface area contributed by atoms with Crippen LogP contribution in [0, 0.1) is 22.7 Å². The zero-order chi connectivity index (χ0) is 20.3. The lowest BCUT2D eigenvalue weighted by molar-refractivity contribution is 0.270. The first-order valence-corrected chi connectivity index (χ1v) is 8.78. The van der Waals surface area contributed by atoms with Crippen molar-refractivity contribution in [2.75, 3.05) is 12.3 Å². The lowest BCUT2D eigenvalue weighted by atomic mass is 10.1. The number of aliphatic hydroxyl groups excluding tert-OH is 1. The van der Waals surface area contributed by atoms with Crippen molar-refractivity contribution in [2.45, 2.75) is 6.54 Å². The number of nitrogen functional groups attached to an aromatic ring is 1. The second-order valence-electron chi connectivity index (χ2n) is 5.70. The molecule has 9 heteroatoms. The second kappa shape index (κ2) is 8.20. The second-order valence-corrected chi connectivity index (χ2v) is 6.57. The number of benzene rings is 1. The monoisotopic (exact) mass is 413 g/mol. The van der Waals surface area contributed by atoms with Gasteiger partial charge in [-0.1, -0.05) is 23.2 Å². The highest BCUT2D eigenvalue weighted by molar-refractivity contribution is 6.35. The Balaban J connectivity index is 2.01. The van der Waals surface area contributed by atoms with Gasteiger partial charge in [0.25, 0.3) is 0 Å². The molecule has 28 heavy (non-hydrogen) atoms. The number of furan rings is 1. The number of nitrogens with two attached hydrogens (primary N) is 1. The number of nitriles is 2. The molecule has 0 amide bonds. The molecule has 7 nitrogen and oxygen atoms in total. The first-order valence-electron chi connectivity index (χ1n) is 8.02. The van der Waals surface area contributed by atoms with Crippen LogP contribution in [0.4, 0.5) is 5.82 Å². The van der Waals surface area contributed by atoms with Gasteiger partial charge in [0.05, 0.1) is 18.7 Å². The number of rotatable bonds is 5. The molecule has 3 N–H and O–H groups in total. The molecule has 0 bridgehead atoms. The summed E-state index contributed by atoms with van der Waals surface area (Å²) >= 11 is 12.0. The molecule has 2 aromatic heterocycles. The number of aliphatic hydroxyl groups is 1. The summed E-state index contributed by atoms with van der Waals surface area (Å²) in [5.41, 5.74) is 6.85. The van der Waals surface area contributed by atoms with Gasteiger partial charge in [0.15, 0.2) is 0 Å². The first kappa shape index (κ1) is 19.5. The van der Waals surface area contributed by atoms with E-state index in [1.165, 1.54) is 10.8 Å². The number of allylic oxidation sites excluding steroid dienone is 1. The minimum atomic E-state index is -0.203. The fraction of sp³-hybridized carbons (Fsp3) is 0.105.